The van der Waals surface area contributed by atoms with Crippen LogP contribution in [0.2, 0.25) is 0 Å². The van der Waals surface area contributed by atoms with E-state index in [0.29, 0.717) is 11.5 Å². The van der Waals surface area contributed by atoms with E-state index in [1.165, 1.54) is 25.1 Å². The molecule has 1 aromatic carbocycles. The van der Waals surface area contributed by atoms with E-state index in [-0.39, 0.29) is 17.1 Å². The van der Waals surface area contributed by atoms with Crippen LogP contribution >= 0.6 is 0 Å². The van der Waals surface area contributed by atoms with Gasteiger partial charge in [-0.25, -0.2) is 8.42 Å². The number of hydrogen-bond acceptors (Lipinski definition) is 7. The SMILES string of the molecule is Cc1ccc(C(C)(O)CNc2cccc(S(C)(=O)=O)c2[N+](=O)[O-])o1. The average molecular weight is 354 g/mol. The number of sulfone groups is 1. The summed E-state index contributed by atoms with van der Waals surface area (Å²) >= 11 is 0. The minimum Gasteiger partial charge on any atom is -0.463 e. The van der Waals surface area contributed by atoms with Crippen molar-refractivity contribution in [2.24, 2.45) is 0 Å². The van der Waals surface area contributed by atoms with Gasteiger partial charge in [-0.3, -0.25) is 10.1 Å². The van der Waals surface area contributed by atoms with Gasteiger partial charge in [0.05, 0.1) is 11.5 Å². The van der Waals surface area contributed by atoms with Gasteiger partial charge in [-0.2, -0.15) is 0 Å². The maximum absolute atomic E-state index is 11.7. The first-order valence-electron chi connectivity index (χ1n) is 7.03. The summed E-state index contributed by atoms with van der Waals surface area (Å²) in [6, 6.07) is 7.26. The Morgan fingerprint density at radius 2 is 2.00 bits per heavy atom. The highest BCUT2D eigenvalue weighted by Gasteiger charge is 2.30. The second-order valence-corrected chi connectivity index (χ2v) is 7.70. The normalized spacial score (nSPS) is 14.2. The number of anilines is 1. The topological polar surface area (TPSA) is 123 Å². The van der Waals surface area contributed by atoms with Gasteiger partial charge in [-0.1, -0.05) is 6.07 Å². The molecule has 2 aromatic rings. The van der Waals surface area contributed by atoms with E-state index < -0.39 is 26.0 Å². The van der Waals surface area contributed by atoms with Gasteiger partial charge in [0.25, 0.3) is 0 Å². The molecule has 0 aliphatic heterocycles. The van der Waals surface area contributed by atoms with E-state index in [2.05, 4.69) is 5.32 Å². The van der Waals surface area contributed by atoms with E-state index in [1.807, 2.05) is 0 Å². The maximum Gasteiger partial charge on any atom is 0.310 e. The molecule has 0 radical (unpaired) electrons. The molecule has 1 atom stereocenters. The second kappa shape index (κ2) is 6.25. The van der Waals surface area contributed by atoms with Crippen molar-refractivity contribution >= 4 is 21.2 Å². The number of benzene rings is 1. The van der Waals surface area contributed by atoms with Crippen molar-refractivity contribution < 1.29 is 22.9 Å². The molecule has 0 fully saturated rings. The highest BCUT2D eigenvalue weighted by atomic mass is 32.2. The Labute approximate surface area is 139 Å². The molecule has 0 saturated carbocycles. The van der Waals surface area contributed by atoms with Crippen molar-refractivity contribution in [1.29, 1.82) is 0 Å². The van der Waals surface area contributed by atoms with Crippen LogP contribution < -0.4 is 5.32 Å². The number of rotatable bonds is 6. The van der Waals surface area contributed by atoms with Gasteiger partial charge in [0.1, 0.15) is 27.7 Å². The Balaban J connectivity index is 2.35. The Morgan fingerprint density at radius 3 is 2.50 bits per heavy atom. The standard InChI is InChI=1S/C15H18N2O6S/c1-10-7-8-13(23-10)15(2,18)9-16-11-5-4-6-12(24(3,21)22)14(11)17(19)20/h4-8,16,18H,9H2,1-3H3. The van der Waals surface area contributed by atoms with Crippen LogP contribution in [0.25, 0.3) is 0 Å². The molecule has 0 amide bonds. The Kier molecular flexibility index (Phi) is 4.68. The van der Waals surface area contributed by atoms with Crippen molar-refractivity contribution in [1.82, 2.24) is 0 Å². The van der Waals surface area contributed by atoms with Crippen LogP contribution in [0, 0.1) is 17.0 Å². The number of hydrogen-bond donors (Lipinski definition) is 2. The highest BCUT2D eigenvalue weighted by molar-refractivity contribution is 7.90. The van der Waals surface area contributed by atoms with Crippen LogP contribution in [0.3, 0.4) is 0 Å². The number of nitro groups is 1. The van der Waals surface area contributed by atoms with Crippen LogP contribution in [0.4, 0.5) is 11.4 Å². The molecule has 1 aromatic heterocycles. The van der Waals surface area contributed by atoms with Crippen LogP contribution in [-0.4, -0.2) is 31.2 Å². The molecule has 0 aliphatic carbocycles. The summed E-state index contributed by atoms with van der Waals surface area (Å²) in [7, 11) is -3.77. The zero-order valence-corrected chi connectivity index (χ0v) is 14.3. The summed E-state index contributed by atoms with van der Waals surface area (Å²) in [5.74, 6) is 0.921. The number of furan rings is 1. The molecule has 130 valence electrons. The lowest BCUT2D eigenvalue weighted by atomic mass is 10.0. The number of aryl methyl sites for hydroxylation is 1. The maximum atomic E-state index is 11.7. The number of aliphatic hydroxyl groups is 1. The summed E-state index contributed by atoms with van der Waals surface area (Å²) in [5, 5.41) is 24.5. The van der Waals surface area contributed by atoms with E-state index >= 15 is 0 Å². The third-order valence-corrected chi connectivity index (χ3v) is 4.60. The Hall–Kier alpha value is -2.39. The summed E-state index contributed by atoms with van der Waals surface area (Å²) in [4.78, 5) is 10.2. The minimum atomic E-state index is -3.77. The largest absolute Gasteiger partial charge is 0.463 e. The first kappa shape index (κ1) is 18.0. The summed E-state index contributed by atoms with van der Waals surface area (Å²) in [5.41, 5.74) is -1.97. The third-order valence-electron chi connectivity index (χ3n) is 3.48. The molecule has 0 spiro atoms. The third kappa shape index (κ3) is 3.74. The Bertz CT molecular complexity index is 870. The number of nitrogens with zero attached hydrogens (tertiary/aromatic N) is 1. The summed E-state index contributed by atoms with van der Waals surface area (Å²) < 4.78 is 28.9. The molecular formula is C15H18N2O6S. The Morgan fingerprint density at radius 1 is 1.33 bits per heavy atom. The molecule has 1 heterocycles. The second-order valence-electron chi connectivity index (χ2n) is 5.72. The molecule has 0 aliphatic rings. The lowest BCUT2D eigenvalue weighted by Gasteiger charge is -2.22. The van der Waals surface area contributed by atoms with Gasteiger partial charge in [0, 0.05) is 6.26 Å². The van der Waals surface area contributed by atoms with Crippen LogP contribution in [0.5, 0.6) is 0 Å². The van der Waals surface area contributed by atoms with Gasteiger partial charge in [-0.05, 0) is 38.1 Å². The van der Waals surface area contributed by atoms with Gasteiger partial charge < -0.3 is 14.8 Å². The molecule has 8 nitrogen and oxygen atoms in total. The fourth-order valence-corrected chi connectivity index (χ4v) is 3.09. The molecule has 2 N–H and O–H groups in total. The van der Waals surface area contributed by atoms with Crippen molar-refractivity contribution in [2.75, 3.05) is 18.1 Å². The fourth-order valence-electron chi connectivity index (χ4n) is 2.23. The first-order valence-corrected chi connectivity index (χ1v) is 8.92. The molecule has 0 bridgehead atoms. The van der Waals surface area contributed by atoms with E-state index in [1.54, 1.807) is 19.1 Å². The molecule has 24 heavy (non-hydrogen) atoms. The predicted molar refractivity (Wildman–Crippen MR) is 87.7 cm³/mol. The predicted octanol–water partition coefficient (Wildman–Crippen LogP) is 2.22. The number of nitrogens with one attached hydrogen (secondary N) is 1. The van der Waals surface area contributed by atoms with E-state index in [0.717, 1.165) is 6.26 Å². The van der Waals surface area contributed by atoms with Gasteiger partial charge in [-0.15, -0.1) is 0 Å². The van der Waals surface area contributed by atoms with Crippen molar-refractivity contribution in [3.63, 3.8) is 0 Å². The van der Waals surface area contributed by atoms with Gasteiger partial charge in [0.15, 0.2) is 9.84 Å². The van der Waals surface area contributed by atoms with Crippen LogP contribution in [0.1, 0.15) is 18.4 Å². The van der Waals surface area contributed by atoms with Gasteiger partial charge in [0.2, 0.25) is 0 Å². The summed E-state index contributed by atoms with van der Waals surface area (Å²) in [6.07, 6.45) is 0.904. The first-order chi connectivity index (χ1) is 11.0. The van der Waals surface area contributed by atoms with Gasteiger partial charge >= 0.3 is 5.69 Å². The van der Waals surface area contributed by atoms with Crippen molar-refractivity contribution in [3.05, 3.63) is 52.0 Å². The summed E-state index contributed by atoms with van der Waals surface area (Å²) in [6.45, 7) is 3.12. The molecule has 1 unspecified atom stereocenters. The van der Waals surface area contributed by atoms with Crippen LogP contribution in [0.15, 0.2) is 39.6 Å². The lowest BCUT2D eigenvalue weighted by molar-refractivity contribution is -0.386. The number of nitro benzene ring substituents is 1. The highest BCUT2D eigenvalue weighted by Crippen LogP contribution is 2.33. The van der Waals surface area contributed by atoms with Crippen molar-refractivity contribution in [3.8, 4) is 0 Å². The van der Waals surface area contributed by atoms with Crippen LogP contribution in [-0.2, 0) is 15.4 Å². The van der Waals surface area contributed by atoms with Crippen molar-refractivity contribution in [2.45, 2.75) is 24.3 Å². The molecule has 0 saturated heterocycles. The number of para-hydroxylation sites is 1. The molecule has 9 heteroatoms. The molecule has 2 rings (SSSR count). The smallest absolute Gasteiger partial charge is 0.310 e. The zero-order chi connectivity index (χ0) is 18.1. The minimum absolute atomic E-state index is 0.00600. The quantitative estimate of drug-likeness (QED) is 0.602. The van der Waals surface area contributed by atoms with E-state index in [4.69, 9.17) is 4.42 Å². The molecular weight excluding hydrogens is 336 g/mol. The zero-order valence-electron chi connectivity index (χ0n) is 13.4. The fraction of sp³-hybridized carbons (Fsp3) is 0.333. The average Bonchev–Trinajstić information content (AvgIpc) is 2.91. The monoisotopic (exact) mass is 354 g/mol. The van der Waals surface area contributed by atoms with E-state index in [9.17, 15) is 23.6 Å². The lowest BCUT2D eigenvalue weighted by Crippen LogP contribution is -2.30.